The van der Waals surface area contributed by atoms with E-state index in [4.69, 9.17) is 32.5 Å². The van der Waals surface area contributed by atoms with Crippen LogP contribution >= 0.6 is 0 Å². The normalized spacial score (nSPS) is 24.9. The van der Waals surface area contributed by atoms with Gasteiger partial charge >= 0.3 is 5.63 Å². The highest BCUT2D eigenvalue weighted by Crippen LogP contribution is 2.39. The van der Waals surface area contributed by atoms with Crippen molar-refractivity contribution in [2.75, 3.05) is 13.2 Å². The van der Waals surface area contributed by atoms with Gasteiger partial charge in [-0.3, -0.25) is 0 Å². The molecule has 3 aliphatic rings. The zero-order chi connectivity index (χ0) is 33.9. The fourth-order valence-electron chi connectivity index (χ4n) is 6.37. The van der Waals surface area contributed by atoms with Crippen LogP contribution in [0.3, 0.4) is 0 Å². The van der Waals surface area contributed by atoms with Crippen molar-refractivity contribution in [1.82, 2.24) is 0 Å². The van der Waals surface area contributed by atoms with E-state index in [0.717, 1.165) is 53.9 Å². The third kappa shape index (κ3) is 8.41. The Kier molecular flexibility index (Phi) is 10.2. The molecule has 0 spiro atoms. The number of epoxide rings is 1. The molecule has 1 aromatic carbocycles. The Hall–Kier alpha value is -3.85. The van der Waals surface area contributed by atoms with Gasteiger partial charge in [0.15, 0.2) is 6.29 Å². The van der Waals surface area contributed by atoms with Crippen molar-refractivity contribution in [3.8, 4) is 5.75 Å². The van der Waals surface area contributed by atoms with Gasteiger partial charge in [0.1, 0.15) is 35.7 Å². The number of allylic oxidation sites excluding steroid dienone is 2. The van der Waals surface area contributed by atoms with E-state index in [1.54, 1.807) is 18.4 Å². The van der Waals surface area contributed by atoms with Gasteiger partial charge in [0, 0.05) is 23.4 Å². The first-order valence-corrected chi connectivity index (χ1v) is 17.0. The summed E-state index contributed by atoms with van der Waals surface area (Å²) in [6.07, 6.45) is 16.6. The molecule has 2 saturated heterocycles. The van der Waals surface area contributed by atoms with Gasteiger partial charge < -0.3 is 32.5 Å². The van der Waals surface area contributed by atoms with E-state index in [0.29, 0.717) is 30.7 Å². The van der Waals surface area contributed by atoms with Crippen molar-refractivity contribution in [2.45, 2.75) is 103 Å². The molecular formula is C40H48O8. The van der Waals surface area contributed by atoms with Crippen LogP contribution in [-0.4, -0.2) is 42.9 Å². The number of furan rings is 1. The molecular weight excluding hydrogens is 608 g/mol. The largest absolute Gasteiger partial charge is 0.492 e. The molecule has 8 nitrogen and oxygen atoms in total. The lowest BCUT2D eigenvalue weighted by molar-refractivity contribution is -0.0461. The smallest absolute Gasteiger partial charge is 0.336 e. The Morgan fingerprint density at radius 2 is 1.58 bits per heavy atom. The Morgan fingerprint density at radius 3 is 2.33 bits per heavy atom. The van der Waals surface area contributed by atoms with Crippen LogP contribution < -0.4 is 21.0 Å². The molecule has 48 heavy (non-hydrogen) atoms. The minimum atomic E-state index is -0.436. The van der Waals surface area contributed by atoms with Crippen molar-refractivity contribution in [1.29, 1.82) is 0 Å². The summed E-state index contributed by atoms with van der Waals surface area (Å²) in [5, 5.41) is 1.86. The maximum absolute atomic E-state index is 11.5. The van der Waals surface area contributed by atoms with Crippen molar-refractivity contribution >= 4 is 22.8 Å². The monoisotopic (exact) mass is 656 g/mol. The molecule has 6 rings (SSSR count). The summed E-state index contributed by atoms with van der Waals surface area (Å²) in [5.41, 5.74) is 3.12. The maximum Gasteiger partial charge on any atom is 0.336 e. The van der Waals surface area contributed by atoms with Crippen molar-refractivity contribution < 1.29 is 32.5 Å². The molecule has 0 N–H and O–H groups in total. The summed E-state index contributed by atoms with van der Waals surface area (Å²) in [6.45, 7) is 13.7. The first kappa shape index (κ1) is 34.0. The SMILES string of the molecule is C/C(=C\COC1=c2ccoc2=CCC1C=CC1O[C@H](CC/C(C)=C/COc2ccc3ccc(=O)oc3c2)C(C)(C)O1)CCC1OC1(C)C. The molecule has 4 heterocycles. The number of benzene rings is 1. The molecule has 8 heteroatoms. The van der Waals surface area contributed by atoms with Crippen molar-refractivity contribution in [2.24, 2.45) is 5.92 Å². The molecule has 0 amide bonds. The zero-order valence-electron chi connectivity index (χ0n) is 29.0. The van der Waals surface area contributed by atoms with Gasteiger partial charge in [0.2, 0.25) is 0 Å². The maximum atomic E-state index is 11.5. The standard InChI is InChI=1S/C40H48O8/c1-26(19-22-42-30-13-9-28-11-17-36(41)45-33(28)25-30)7-15-34-39(3,4)48-37(46-34)18-12-29-10-14-32-31(21-24-43-32)38(29)44-23-20-27(2)8-16-35-40(5,6)47-35/h9,11-14,17-21,24-25,29,34-35,37H,7-8,10,15-16,22-23H2,1-6H3/b18-12?,26-19+,27-20+/t29?,34-,35?,37?/m1/s1. The van der Waals surface area contributed by atoms with E-state index in [9.17, 15) is 4.79 Å². The van der Waals surface area contributed by atoms with Gasteiger partial charge in [-0.15, -0.1) is 0 Å². The lowest BCUT2D eigenvalue weighted by Gasteiger charge is -2.23. The molecule has 3 unspecified atom stereocenters. The molecule has 1 aliphatic carbocycles. The Balaban J connectivity index is 1.00. The number of ether oxygens (including phenoxy) is 5. The third-order valence-electron chi connectivity index (χ3n) is 9.56. The van der Waals surface area contributed by atoms with E-state index in [2.05, 4.69) is 65.8 Å². The van der Waals surface area contributed by atoms with Gasteiger partial charge in [-0.2, -0.15) is 0 Å². The summed E-state index contributed by atoms with van der Waals surface area (Å²) in [5.74, 6) is 1.63. The van der Waals surface area contributed by atoms with Gasteiger partial charge in [-0.1, -0.05) is 17.2 Å². The number of rotatable bonds is 14. The fourth-order valence-corrected chi connectivity index (χ4v) is 6.37. The minimum Gasteiger partial charge on any atom is -0.492 e. The van der Waals surface area contributed by atoms with E-state index in [1.807, 2.05) is 24.3 Å². The predicted molar refractivity (Wildman–Crippen MR) is 186 cm³/mol. The highest BCUT2D eigenvalue weighted by atomic mass is 16.7. The molecule has 2 aromatic heterocycles. The lowest BCUT2D eigenvalue weighted by atomic mass is 9.96. The van der Waals surface area contributed by atoms with Crippen LogP contribution in [0.4, 0.5) is 0 Å². The average Bonchev–Trinajstić information content (AvgIpc) is 3.32. The first-order chi connectivity index (χ1) is 23.0. The van der Waals surface area contributed by atoms with Crippen LogP contribution in [0.25, 0.3) is 22.8 Å². The highest BCUT2D eigenvalue weighted by Gasteiger charge is 2.46. The average molecular weight is 657 g/mol. The highest BCUT2D eigenvalue weighted by molar-refractivity contribution is 5.77. The summed E-state index contributed by atoms with van der Waals surface area (Å²) in [7, 11) is 0. The topological polar surface area (TPSA) is 92.8 Å². The molecule has 256 valence electrons. The Morgan fingerprint density at radius 1 is 0.875 bits per heavy atom. The molecule has 0 saturated carbocycles. The molecule has 3 aromatic rings. The number of hydrogen-bond donors (Lipinski definition) is 0. The zero-order valence-corrected chi connectivity index (χ0v) is 29.0. The van der Waals surface area contributed by atoms with Gasteiger partial charge in [0.25, 0.3) is 0 Å². The van der Waals surface area contributed by atoms with Crippen LogP contribution in [0.5, 0.6) is 5.75 Å². The summed E-state index contributed by atoms with van der Waals surface area (Å²) in [6, 6.07) is 10.6. The second-order valence-corrected chi connectivity index (χ2v) is 14.2. The molecule has 0 bridgehead atoms. The predicted octanol–water partition coefficient (Wildman–Crippen LogP) is 7.10. The Bertz CT molecular complexity index is 1870. The van der Waals surface area contributed by atoms with Gasteiger partial charge in [0.05, 0.1) is 34.9 Å². The minimum absolute atomic E-state index is 0.0270. The quantitative estimate of drug-likeness (QED) is 0.103. The summed E-state index contributed by atoms with van der Waals surface area (Å²) >= 11 is 0. The number of fused-ring (bicyclic) bond motifs is 2. The van der Waals surface area contributed by atoms with E-state index in [-0.39, 0.29) is 23.2 Å². The van der Waals surface area contributed by atoms with E-state index < -0.39 is 11.9 Å². The summed E-state index contributed by atoms with van der Waals surface area (Å²) < 4.78 is 41.8. The van der Waals surface area contributed by atoms with Gasteiger partial charge in [-0.05, 0) is 122 Å². The fraction of sp³-hybridized carbons (Fsp3) is 0.475. The second kappa shape index (κ2) is 14.3. The van der Waals surface area contributed by atoms with Crippen molar-refractivity contribution in [3.63, 3.8) is 0 Å². The molecule has 2 aliphatic heterocycles. The van der Waals surface area contributed by atoms with Crippen LogP contribution in [0.15, 0.2) is 91.7 Å². The molecule has 2 fully saturated rings. The van der Waals surface area contributed by atoms with E-state index >= 15 is 0 Å². The van der Waals surface area contributed by atoms with Crippen LogP contribution in [-0.2, 0) is 18.9 Å². The number of hydrogen-bond acceptors (Lipinski definition) is 8. The third-order valence-corrected chi connectivity index (χ3v) is 9.56. The van der Waals surface area contributed by atoms with Crippen molar-refractivity contribution in [3.05, 3.63) is 99.2 Å². The molecule has 0 radical (unpaired) electrons. The van der Waals surface area contributed by atoms with Crippen LogP contribution in [0.2, 0.25) is 0 Å². The van der Waals surface area contributed by atoms with E-state index in [1.165, 1.54) is 17.2 Å². The van der Waals surface area contributed by atoms with Crippen LogP contribution in [0.1, 0.15) is 73.6 Å². The second-order valence-electron chi connectivity index (χ2n) is 14.2. The van der Waals surface area contributed by atoms with Crippen LogP contribution in [0, 0.1) is 5.92 Å². The first-order valence-electron chi connectivity index (χ1n) is 17.0. The molecule has 4 atom stereocenters. The summed E-state index contributed by atoms with van der Waals surface area (Å²) in [4.78, 5) is 11.5. The van der Waals surface area contributed by atoms with Gasteiger partial charge in [-0.25, -0.2) is 4.79 Å². The lowest BCUT2D eigenvalue weighted by Crippen LogP contribution is -2.32. The Labute approximate surface area is 282 Å².